The van der Waals surface area contributed by atoms with E-state index < -0.39 is 0 Å². The Morgan fingerprint density at radius 1 is 1.03 bits per heavy atom. The number of para-hydroxylation sites is 1. The van der Waals surface area contributed by atoms with Crippen LogP contribution in [0.25, 0.3) is 22.3 Å². The summed E-state index contributed by atoms with van der Waals surface area (Å²) in [6, 6.07) is 15.7. The maximum atomic E-state index is 12.3. The average Bonchev–Trinajstić information content (AvgIpc) is 2.70. The number of nitrogens with zero attached hydrogens (tertiary/aromatic N) is 3. The number of halogens is 1. The van der Waals surface area contributed by atoms with Crippen molar-refractivity contribution in [3.63, 3.8) is 0 Å². The fourth-order valence-electron chi connectivity index (χ4n) is 3.42. The van der Waals surface area contributed by atoms with Gasteiger partial charge in [-0.1, -0.05) is 49.7 Å². The van der Waals surface area contributed by atoms with Crippen LogP contribution in [0.5, 0.6) is 0 Å². The molecule has 158 valence electrons. The van der Waals surface area contributed by atoms with Crippen molar-refractivity contribution in [3.05, 3.63) is 53.6 Å². The van der Waals surface area contributed by atoms with Gasteiger partial charge in [0.15, 0.2) is 5.82 Å². The third kappa shape index (κ3) is 5.48. The molecule has 0 saturated carbocycles. The molecular formula is C24H29ClN4O. The minimum absolute atomic E-state index is 0.0449. The van der Waals surface area contributed by atoms with Gasteiger partial charge in [0.1, 0.15) is 5.82 Å². The van der Waals surface area contributed by atoms with E-state index in [0.717, 1.165) is 28.8 Å². The molecule has 0 aliphatic rings. The van der Waals surface area contributed by atoms with Crippen LogP contribution in [0.4, 0.5) is 5.82 Å². The number of aromatic nitrogens is 2. The molecule has 0 saturated heterocycles. The molecule has 0 spiro atoms. The van der Waals surface area contributed by atoms with Gasteiger partial charge in [0.05, 0.1) is 10.5 Å². The molecule has 1 N–H and O–H groups in total. The van der Waals surface area contributed by atoms with Gasteiger partial charge in [-0.2, -0.15) is 0 Å². The summed E-state index contributed by atoms with van der Waals surface area (Å²) in [5, 5.41) is 4.56. The first-order chi connectivity index (χ1) is 14.3. The molecule has 1 aromatic heterocycles. The van der Waals surface area contributed by atoms with Crippen molar-refractivity contribution in [1.29, 1.82) is 0 Å². The summed E-state index contributed by atoms with van der Waals surface area (Å²) >= 11 is 6.43. The Bertz CT molecular complexity index is 1020. The van der Waals surface area contributed by atoms with E-state index in [0.29, 0.717) is 29.7 Å². The summed E-state index contributed by atoms with van der Waals surface area (Å²) in [5.41, 5.74) is 1.66. The number of hydrogen-bond donors (Lipinski definition) is 1. The third-order valence-corrected chi connectivity index (χ3v) is 4.97. The quantitative estimate of drug-likeness (QED) is 0.531. The first kappa shape index (κ1) is 22.0. The van der Waals surface area contributed by atoms with Crippen LogP contribution >= 0.6 is 11.6 Å². The number of carbonyl (C=O) groups excluding carboxylic acids is 1. The van der Waals surface area contributed by atoms with Crippen LogP contribution in [0.2, 0.25) is 5.02 Å². The monoisotopic (exact) mass is 424 g/mol. The first-order valence-electron chi connectivity index (χ1n) is 10.4. The van der Waals surface area contributed by atoms with Crippen LogP contribution in [-0.2, 0) is 4.79 Å². The molecule has 0 fully saturated rings. The van der Waals surface area contributed by atoms with Crippen molar-refractivity contribution < 1.29 is 4.79 Å². The Morgan fingerprint density at radius 3 is 2.43 bits per heavy atom. The predicted molar refractivity (Wildman–Crippen MR) is 125 cm³/mol. The number of hydrogen-bond acceptors (Lipinski definition) is 4. The second-order valence-electron chi connectivity index (χ2n) is 8.18. The predicted octanol–water partition coefficient (Wildman–Crippen LogP) is 5.33. The molecule has 6 heteroatoms. The van der Waals surface area contributed by atoms with Gasteiger partial charge in [0.2, 0.25) is 5.91 Å². The van der Waals surface area contributed by atoms with Gasteiger partial charge in [-0.25, -0.2) is 9.97 Å². The molecule has 30 heavy (non-hydrogen) atoms. The Kier molecular flexibility index (Phi) is 7.27. The number of nitrogens with one attached hydrogen (secondary N) is 1. The van der Waals surface area contributed by atoms with Crippen molar-refractivity contribution in [3.8, 4) is 11.4 Å². The number of benzene rings is 2. The summed E-state index contributed by atoms with van der Waals surface area (Å²) in [6.45, 7) is 9.64. The van der Waals surface area contributed by atoms with Crippen molar-refractivity contribution >= 4 is 34.2 Å². The van der Waals surface area contributed by atoms with Crippen LogP contribution in [0, 0.1) is 5.92 Å². The molecule has 0 unspecified atom stereocenters. The highest BCUT2D eigenvalue weighted by Crippen LogP contribution is 2.31. The van der Waals surface area contributed by atoms with E-state index in [-0.39, 0.29) is 11.9 Å². The standard InChI is InChI=1S/C24H29ClN4O/c1-16(2)15-29(14-13-22(30)26-17(3)4)24-19-10-6-8-12-21(19)27-23(28-24)18-9-5-7-11-20(18)25/h5-12,16-17H,13-15H2,1-4H3,(H,26,30). The summed E-state index contributed by atoms with van der Waals surface area (Å²) < 4.78 is 0. The van der Waals surface area contributed by atoms with E-state index in [2.05, 4.69) is 24.1 Å². The molecule has 0 bridgehead atoms. The molecule has 0 atom stereocenters. The second kappa shape index (κ2) is 9.90. The molecular weight excluding hydrogens is 396 g/mol. The van der Waals surface area contributed by atoms with Gasteiger partial charge in [0.25, 0.3) is 0 Å². The summed E-state index contributed by atoms with van der Waals surface area (Å²) in [6.07, 6.45) is 0.407. The highest BCUT2D eigenvalue weighted by atomic mass is 35.5. The third-order valence-electron chi connectivity index (χ3n) is 4.64. The molecule has 1 amide bonds. The first-order valence-corrected chi connectivity index (χ1v) is 10.8. The lowest BCUT2D eigenvalue weighted by atomic mass is 10.1. The lowest BCUT2D eigenvalue weighted by Crippen LogP contribution is -2.36. The molecule has 0 aliphatic carbocycles. The van der Waals surface area contributed by atoms with Gasteiger partial charge < -0.3 is 10.2 Å². The van der Waals surface area contributed by atoms with Crippen LogP contribution in [0.3, 0.4) is 0 Å². The molecule has 2 aromatic carbocycles. The Hall–Kier alpha value is -2.66. The van der Waals surface area contributed by atoms with Crippen LogP contribution in [0.15, 0.2) is 48.5 Å². The highest BCUT2D eigenvalue weighted by molar-refractivity contribution is 6.33. The zero-order chi connectivity index (χ0) is 21.7. The fourth-order valence-corrected chi connectivity index (χ4v) is 3.64. The Labute approximate surface area is 183 Å². The summed E-state index contributed by atoms with van der Waals surface area (Å²) in [5.74, 6) is 1.88. The zero-order valence-corrected chi connectivity index (χ0v) is 18.8. The van der Waals surface area contributed by atoms with E-state index in [1.807, 2.05) is 62.4 Å². The maximum absolute atomic E-state index is 12.3. The van der Waals surface area contributed by atoms with Gasteiger partial charge in [-0.3, -0.25) is 4.79 Å². The Morgan fingerprint density at radius 2 is 1.73 bits per heavy atom. The maximum Gasteiger partial charge on any atom is 0.221 e. The number of rotatable bonds is 8. The molecule has 3 aromatic rings. The van der Waals surface area contributed by atoms with E-state index in [4.69, 9.17) is 21.6 Å². The lowest BCUT2D eigenvalue weighted by molar-refractivity contribution is -0.121. The second-order valence-corrected chi connectivity index (χ2v) is 8.59. The van der Waals surface area contributed by atoms with E-state index in [1.54, 1.807) is 0 Å². The number of fused-ring (bicyclic) bond motifs is 1. The molecule has 1 heterocycles. The van der Waals surface area contributed by atoms with E-state index in [9.17, 15) is 4.79 Å². The average molecular weight is 425 g/mol. The van der Waals surface area contributed by atoms with Crippen molar-refractivity contribution in [2.45, 2.75) is 40.2 Å². The van der Waals surface area contributed by atoms with E-state index in [1.165, 1.54) is 0 Å². The summed E-state index contributed by atoms with van der Waals surface area (Å²) in [7, 11) is 0. The highest BCUT2D eigenvalue weighted by Gasteiger charge is 2.18. The van der Waals surface area contributed by atoms with Crippen LogP contribution in [0.1, 0.15) is 34.1 Å². The van der Waals surface area contributed by atoms with Gasteiger partial charge in [-0.05, 0) is 44.0 Å². The minimum Gasteiger partial charge on any atom is -0.355 e. The van der Waals surface area contributed by atoms with E-state index >= 15 is 0 Å². The van der Waals surface area contributed by atoms with Crippen LogP contribution in [-0.4, -0.2) is 35.0 Å². The molecule has 0 radical (unpaired) electrons. The van der Waals surface area contributed by atoms with Gasteiger partial charge in [0, 0.05) is 36.5 Å². The zero-order valence-electron chi connectivity index (χ0n) is 18.0. The number of carbonyl (C=O) groups is 1. The van der Waals surface area contributed by atoms with Crippen molar-refractivity contribution in [1.82, 2.24) is 15.3 Å². The Balaban J connectivity index is 2.05. The topological polar surface area (TPSA) is 58.1 Å². The number of amides is 1. The van der Waals surface area contributed by atoms with Crippen molar-refractivity contribution in [2.24, 2.45) is 5.92 Å². The molecule has 5 nitrogen and oxygen atoms in total. The smallest absolute Gasteiger partial charge is 0.221 e. The normalized spacial score (nSPS) is 11.3. The van der Waals surface area contributed by atoms with Gasteiger partial charge in [-0.15, -0.1) is 0 Å². The minimum atomic E-state index is 0.0449. The summed E-state index contributed by atoms with van der Waals surface area (Å²) in [4.78, 5) is 24.2. The van der Waals surface area contributed by atoms with Crippen LogP contribution < -0.4 is 10.2 Å². The number of anilines is 1. The SMILES string of the molecule is CC(C)CN(CCC(=O)NC(C)C)c1nc(-c2ccccc2Cl)nc2ccccc12. The largest absolute Gasteiger partial charge is 0.355 e. The molecule has 0 aliphatic heterocycles. The molecule has 3 rings (SSSR count). The fraction of sp³-hybridized carbons (Fsp3) is 0.375. The van der Waals surface area contributed by atoms with Gasteiger partial charge >= 0.3 is 0 Å². The lowest BCUT2D eigenvalue weighted by Gasteiger charge is -2.27. The van der Waals surface area contributed by atoms with Crippen molar-refractivity contribution in [2.75, 3.05) is 18.0 Å².